The lowest BCUT2D eigenvalue weighted by atomic mass is 9.93. The van der Waals surface area contributed by atoms with E-state index in [1.54, 1.807) is 12.3 Å². The number of halogens is 2. The molecular weight excluding hydrogens is 471 g/mol. The van der Waals surface area contributed by atoms with Crippen molar-refractivity contribution in [2.45, 2.75) is 56.0 Å². The van der Waals surface area contributed by atoms with Gasteiger partial charge in [0.25, 0.3) is 0 Å². The van der Waals surface area contributed by atoms with Gasteiger partial charge in [0.15, 0.2) is 18.3 Å². The average Bonchev–Trinajstić information content (AvgIpc) is 2.64. The number of hydrogen-bond donors (Lipinski definition) is 0. The van der Waals surface area contributed by atoms with Gasteiger partial charge in [-0.05, 0) is 29.5 Å². The first-order valence-corrected chi connectivity index (χ1v) is 11.1. The molecule has 5 atom stereocenters. The van der Waals surface area contributed by atoms with Crippen molar-refractivity contribution in [3.8, 4) is 0 Å². The third-order valence-electron chi connectivity index (χ3n) is 4.18. The molecule has 7 nitrogen and oxygen atoms in total. The largest absolute Gasteiger partial charge is 0.455 e. The van der Waals surface area contributed by atoms with Crippen molar-refractivity contribution in [3.63, 3.8) is 0 Å². The summed E-state index contributed by atoms with van der Waals surface area (Å²) < 4.78 is 36.2. The summed E-state index contributed by atoms with van der Waals surface area (Å²) in [5.41, 5.74) is 0.210. The number of rotatable bonds is 6. The monoisotopic (exact) mass is 492 g/mol. The van der Waals surface area contributed by atoms with E-state index in [9.17, 15) is 18.8 Å². The smallest absolute Gasteiger partial charge is 0.303 e. The fourth-order valence-electron chi connectivity index (χ4n) is 3.11. The molecule has 1 aliphatic heterocycles. The Morgan fingerprint density at radius 3 is 2.10 bits per heavy atom. The Morgan fingerprint density at radius 1 is 1.03 bits per heavy atom. The van der Waals surface area contributed by atoms with Crippen LogP contribution in [0.15, 0.2) is 18.2 Å². The maximum atomic E-state index is 14.0. The van der Waals surface area contributed by atoms with Crippen LogP contribution in [0.3, 0.4) is 0 Å². The van der Waals surface area contributed by atoms with E-state index in [2.05, 4.69) is 15.9 Å². The molecular formula is C19H22BrFO7S. The highest BCUT2D eigenvalue weighted by molar-refractivity contribution is 9.08. The van der Waals surface area contributed by atoms with Gasteiger partial charge in [0.1, 0.15) is 17.4 Å². The summed E-state index contributed by atoms with van der Waals surface area (Å²) in [7, 11) is 0. The van der Waals surface area contributed by atoms with Crippen LogP contribution in [0.4, 0.5) is 4.39 Å². The molecule has 0 N–H and O–H groups in total. The Kier molecular flexibility index (Phi) is 8.47. The van der Waals surface area contributed by atoms with Gasteiger partial charge >= 0.3 is 17.9 Å². The second-order valence-electron chi connectivity index (χ2n) is 6.37. The van der Waals surface area contributed by atoms with Crippen LogP contribution >= 0.6 is 27.7 Å². The van der Waals surface area contributed by atoms with Crippen LogP contribution in [-0.4, -0.2) is 47.9 Å². The van der Waals surface area contributed by atoms with E-state index >= 15 is 0 Å². The molecule has 2 rings (SSSR count). The third-order valence-corrected chi connectivity index (χ3v) is 5.62. The van der Waals surface area contributed by atoms with Gasteiger partial charge in [0, 0.05) is 26.1 Å². The fraction of sp³-hybridized carbons (Fsp3) is 0.526. The highest BCUT2D eigenvalue weighted by atomic mass is 79.9. The Balaban J connectivity index is 2.54. The first-order chi connectivity index (χ1) is 13.7. The summed E-state index contributed by atoms with van der Waals surface area (Å²) >= 11 is 4.48. The van der Waals surface area contributed by atoms with Gasteiger partial charge in [-0.3, -0.25) is 14.4 Å². The Morgan fingerprint density at radius 2 is 1.59 bits per heavy atom. The van der Waals surface area contributed by atoms with Crippen LogP contribution in [0.25, 0.3) is 0 Å². The highest BCUT2D eigenvalue weighted by Gasteiger charge is 2.52. The van der Waals surface area contributed by atoms with E-state index in [1.165, 1.54) is 44.7 Å². The van der Waals surface area contributed by atoms with Crippen LogP contribution in [-0.2, 0) is 38.7 Å². The van der Waals surface area contributed by atoms with Gasteiger partial charge in [-0.2, -0.15) is 0 Å². The number of ether oxygens (including phenoxy) is 4. The van der Waals surface area contributed by atoms with Crippen LogP contribution in [0, 0.1) is 5.82 Å². The minimum absolute atomic E-state index is 0.271. The number of hydrogen-bond acceptors (Lipinski definition) is 8. The number of carbonyl (C=O) groups is 3. The minimum Gasteiger partial charge on any atom is -0.455 e. The van der Waals surface area contributed by atoms with Crippen molar-refractivity contribution < 1.29 is 37.7 Å². The Labute approximate surface area is 180 Å². The fourth-order valence-corrected chi connectivity index (χ4v) is 4.25. The van der Waals surface area contributed by atoms with Gasteiger partial charge in [-0.1, -0.05) is 22.0 Å². The zero-order valence-corrected chi connectivity index (χ0v) is 18.8. The third kappa shape index (κ3) is 5.93. The van der Waals surface area contributed by atoms with Gasteiger partial charge in [-0.25, -0.2) is 4.39 Å². The predicted octanol–water partition coefficient (Wildman–Crippen LogP) is 3.28. The Bertz CT molecular complexity index is 775. The summed E-state index contributed by atoms with van der Waals surface area (Å²) in [6.45, 7) is 3.63. The first-order valence-electron chi connectivity index (χ1n) is 8.72. The summed E-state index contributed by atoms with van der Waals surface area (Å²) in [4.78, 5) is 35.2. The topological polar surface area (TPSA) is 88.1 Å². The molecule has 10 heteroatoms. The number of alkyl halides is 1. The quantitative estimate of drug-likeness (QED) is 0.339. The molecule has 0 spiro atoms. The number of benzene rings is 1. The lowest BCUT2D eigenvalue weighted by molar-refractivity contribution is -0.233. The molecule has 0 amide bonds. The molecule has 1 heterocycles. The van der Waals surface area contributed by atoms with Crippen molar-refractivity contribution in [1.29, 1.82) is 0 Å². The molecule has 160 valence electrons. The molecule has 0 aliphatic carbocycles. The van der Waals surface area contributed by atoms with Crippen molar-refractivity contribution >= 4 is 45.6 Å². The van der Waals surface area contributed by atoms with E-state index in [-0.39, 0.29) is 5.33 Å². The van der Waals surface area contributed by atoms with Crippen molar-refractivity contribution in [2.24, 2.45) is 0 Å². The molecule has 0 aromatic heterocycles. The lowest BCUT2D eigenvalue weighted by Crippen LogP contribution is -2.57. The van der Waals surface area contributed by atoms with Crippen LogP contribution < -0.4 is 0 Å². The number of carbonyl (C=O) groups excluding carboxylic acids is 3. The lowest BCUT2D eigenvalue weighted by Gasteiger charge is -2.44. The molecule has 0 bridgehead atoms. The number of thioether (sulfide) groups is 1. The van der Waals surface area contributed by atoms with Crippen LogP contribution in [0.1, 0.15) is 38.0 Å². The normalized spacial score (nSPS) is 26.5. The minimum atomic E-state index is -1.10. The zero-order valence-electron chi connectivity index (χ0n) is 16.3. The maximum Gasteiger partial charge on any atom is 0.303 e. The van der Waals surface area contributed by atoms with Gasteiger partial charge in [0.05, 0.1) is 0 Å². The zero-order chi connectivity index (χ0) is 21.7. The van der Waals surface area contributed by atoms with Crippen molar-refractivity contribution in [2.75, 3.05) is 6.26 Å². The summed E-state index contributed by atoms with van der Waals surface area (Å²) in [5, 5.41) is 0.271. The summed E-state index contributed by atoms with van der Waals surface area (Å²) in [6.07, 6.45) is -2.33. The highest BCUT2D eigenvalue weighted by Crippen LogP contribution is 2.40. The second kappa shape index (κ2) is 10.4. The maximum absolute atomic E-state index is 14.0. The van der Waals surface area contributed by atoms with E-state index in [0.717, 1.165) is 0 Å². The molecule has 29 heavy (non-hydrogen) atoms. The van der Waals surface area contributed by atoms with Crippen LogP contribution in [0.5, 0.6) is 0 Å². The molecule has 1 saturated heterocycles. The first kappa shape index (κ1) is 23.6. The molecule has 0 unspecified atom stereocenters. The molecule has 1 aromatic carbocycles. The van der Waals surface area contributed by atoms with Crippen molar-refractivity contribution in [1.82, 2.24) is 0 Å². The second-order valence-corrected chi connectivity index (χ2v) is 7.86. The molecule has 1 aromatic rings. The molecule has 1 aliphatic rings. The van der Waals surface area contributed by atoms with Crippen LogP contribution in [0.2, 0.25) is 0 Å². The van der Waals surface area contributed by atoms with Gasteiger partial charge in [-0.15, -0.1) is 11.8 Å². The summed E-state index contributed by atoms with van der Waals surface area (Å²) in [6, 6.07) is 4.38. The van der Waals surface area contributed by atoms with E-state index in [1.807, 2.05) is 0 Å². The molecule has 1 fully saturated rings. The average molecular weight is 493 g/mol. The number of esters is 3. The molecule has 0 saturated carbocycles. The SMILES string of the molecule is CS[C@H]1O[C@@H](c2ccc(F)c(CBr)c2)[C@H](OC(C)=O)[C@@H](OC(C)=O)[C@@H]1OC(C)=O. The predicted molar refractivity (Wildman–Crippen MR) is 107 cm³/mol. The van der Waals surface area contributed by atoms with Gasteiger partial charge < -0.3 is 18.9 Å². The van der Waals surface area contributed by atoms with E-state index < -0.39 is 53.6 Å². The standard InChI is InChI=1S/C19H22BrFO7S/c1-9(22)25-16-15(12-5-6-14(21)13(7-12)8-20)28-19(29-4)18(27-11(3)24)17(16)26-10(2)23/h5-7,15-19H,8H2,1-4H3/t15-,16-,17+,18-,19+/m0/s1. The van der Waals surface area contributed by atoms with E-state index in [0.29, 0.717) is 11.1 Å². The van der Waals surface area contributed by atoms with Gasteiger partial charge in [0.2, 0.25) is 0 Å². The molecule has 0 radical (unpaired) electrons. The van der Waals surface area contributed by atoms with E-state index in [4.69, 9.17) is 18.9 Å². The van der Waals surface area contributed by atoms with Crippen molar-refractivity contribution in [3.05, 3.63) is 35.1 Å². The Hall–Kier alpha value is -1.65. The summed E-state index contributed by atoms with van der Waals surface area (Å²) in [5.74, 6) is -2.27.